The third-order valence-corrected chi connectivity index (χ3v) is 11.7. The van der Waals surface area contributed by atoms with Crippen LogP contribution in [0.1, 0.15) is 5.56 Å². The summed E-state index contributed by atoms with van der Waals surface area (Å²) in [5.41, 5.74) is 18.0. The van der Waals surface area contributed by atoms with Crippen LogP contribution in [0.2, 0.25) is 0 Å². The van der Waals surface area contributed by atoms with Crippen LogP contribution in [0.5, 0.6) is 0 Å². The molecule has 0 fully saturated rings. The summed E-state index contributed by atoms with van der Waals surface area (Å²) in [6.07, 6.45) is 0. The number of hydrogen-bond donors (Lipinski definition) is 0. The monoisotopic (exact) mass is 707 g/mol. The molecule has 0 spiro atoms. The Morgan fingerprint density at radius 1 is 0.268 bits per heavy atom. The van der Waals surface area contributed by atoms with E-state index < -0.39 is 0 Å². The van der Waals surface area contributed by atoms with E-state index in [0.717, 1.165) is 11.1 Å². The Balaban J connectivity index is 1.14. The third-order valence-electron chi connectivity index (χ3n) is 11.7. The molecule has 10 aromatic carbocycles. The molecule has 0 radical (unpaired) electrons. The van der Waals surface area contributed by atoms with Gasteiger partial charge in [0.25, 0.3) is 0 Å². The lowest BCUT2D eigenvalue weighted by atomic mass is 9.82. The molecule has 1 heteroatoms. The number of hydrogen-bond acceptors (Lipinski definition) is 1. The second-order valence-electron chi connectivity index (χ2n) is 14.6. The molecule has 0 N–H and O–H groups in total. The Morgan fingerprint density at radius 2 is 0.714 bits per heavy atom. The van der Waals surface area contributed by atoms with E-state index in [1.165, 1.54) is 99.1 Å². The highest BCUT2D eigenvalue weighted by atomic mass is 14.3. The van der Waals surface area contributed by atoms with Gasteiger partial charge in [0.15, 0.2) is 0 Å². The fraction of sp³-hybridized carbons (Fsp3) is 0. The summed E-state index contributed by atoms with van der Waals surface area (Å²) in [5.74, 6) is 0. The van der Waals surface area contributed by atoms with Crippen LogP contribution in [-0.4, -0.2) is 0 Å². The average molecular weight is 708 g/mol. The number of nitriles is 1. The zero-order chi connectivity index (χ0) is 37.2. The summed E-state index contributed by atoms with van der Waals surface area (Å²) in [5, 5.41) is 16.9. The van der Waals surface area contributed by atoms with Crippen LogP contribution >= 0.6 is 0 Å². The van der Waals surface area contributed by atoms with Crippen molar-refractivity contribution < 1.29 is 0 Å². The molecule has 0 bridgehead atoms. The van der Waals surface area contributed by atoms with Crippen molar-refractivity contribution in [1.29, 1.82) is 5.26 Å². The maximum Gasteiger partial charge on any atom is 0.0991 e. The van der Waals surface area contributed by atoms with Crippen molar-refractivity contribution in [2.24, 2.45) is 0 Å². The Morgan fingerprint density at radius 3 is 1.34 bits per heavy atom. The fourth-order valence-corrected chi connectivity index (χ4v) is 9.23. The van der Waals surface area contributed by atoms with Gasteiger partial charge in [0.1, 0.15) is 0 Å². The molecule has 0 saturated heterocycles. The molecule has 0 heterocycles. The average Bonchev–Trinajstić information content (AvgIpc) is 3.60. The first-order valence-electron chi connectivity index (χ1n) is 19.2. The molecule has 10 aromatic rings. The maximum absolute atomic E-state index is 9.32. The smallest absolute Gasteiger partial charge is 0.0991 e. The lowest BCUT2D eigenvalue weighted by Crippen LogP contribution is -1.93. The first-order valence-corrected chi connectivity index (χ1v) is 19.2. The summed E-state index contributed by atoms with van der Waals surface area (Å²) in [6.45, 7) is 0. The van der Waals surface area contributed by atoms with E-state index in [0.29, 0.717) is 5.56 Å². The van der Waals surface area contributed by atoms with E-state index >= 15 is 0 Å². The minimum absolute atomic E-state index is 0.667. The highest BCUT2D eigenvalue weighted by Gasteiger charge is 2.31. The number of benzene rings is 10. The second-order valence-corrected chi connectivity index (χ2v) is 14.6. The van der Waals surface area contributed by atoms with Crippen molar-refractivity contribution in [3.8, 4) is 84.0 Å². The Hall–Kier alpha value is -7.53. The van der Waals surface area contributed by atoms with Crippen LogP contribution in [-0.2, 0) is 0 Å². The molecule has 258 valence electrons. The standard InChI is InChI=1S/C55H33N/c56-34-35-25-27-36(28-26-35)39-17-11-18-40(33-39)41-29-30-44(43-20-8-7-19-42(41)43)45-31-32-50-53-46(45)23-12-24-49(53)54-51(37-13-3-1-4-14-37)47-21-9-10-22-48(47)52(55(50)54)38-15-5-2-6-16-38/h1-33H. The highest BCUT2D eigenvalue weighted by molar-refractivity contribution is 6.29. The number of nitrogens with zero attached hydrogens (tertiary/aromatic N) is 1. The Kier molecular flexibility index (Phi) is 7.31. The molecular weight excluding hydrogens is 675 g/mol. The van der Waals surface area contributed by atoms with Gasteiger partial charge in [-0.25, -0.2) is 0 Å². The molecule has 0 atom stereocenters. The van der Waals surface area contributed by atoms with E-state index in [-0.39, 0.29) is 0 Å². The lowest BCUT2D eigenvalue weighted by molar-refractivity contribution is 1.48. The molecule has 0 amide bonds. The third kappa shape index (κ3) is 4.87. The van der Waals surface area contributed by atoms with E-state index in [4.69, 9.17) is 0 Å². The summed E-state index contributed by atoms with van der Waals surface area (Å²) in [6, 6.07) is 74.6. The minimum atomic E-state index is 0.667. The van der Waals surface area contributed by atoms with Crippen molar-refractivity contribution in [2.45, 2.75) is 0 Å². The first kappa shape index (κ1) is 31.9. The van der Waals surface area contributed by atoms with Gasteiger partial charge in [-0.15, -0.1) is 0 Å². The summed E-state index contributed by atoms with van der Waals surface area (Å²) in [7, 11) is 0. The summed E-state index contributed by atoms with van der Waals surface area (Å²) >= 11 is 0. The normalized spacial score (nSPS) is 11.6. The quantitative estimate of drug-likeness (QED) is 0.175. The van der Waals surface area contributed by atoms with Crippen molar-refractivity contribution in [3.05, 3.63) is 206 Å². The van der Waals surface area contributed by atoms with Gasteiger partial charge < -0.3 is 0 Å². The predicted octanol–water partition coefficient (Wildman–Crippen LogP) is 15.0. The van der Waals surface area contributed by atoms with Crippen LogP contribution < -0.4 is 0 Å². The van der Waals surface area contributed by atoms with E-state index in [1.807, 2.05) is 24.3 Å². The van der Waals surface area contributed by atoms with E-state index in [1.54, 1.807) is 0 Å². The Bertz CT molecular complexity index is 3130. The first-order chi connectivity index (χ1) is 27.8. The van der Waals surface area contributed by atoms with Crippen molar-refractivity contribution in [3.63, 3.8) is 0 Å². The van der Waals surface area contributed by atoms with Gasteiger partial charge in [-0.2, -0.15) is 5.26 Å². The van der Waals surface area contributed by atoms with Gasteiger partial charge >= 0.3 is 0 Å². The zero-order valence-electron chi connectivity index (χ0n) is 30.5. The molecule has 56 heavy (non-hydrogen) atoms. The van der Waals surface area contributed by atoms with Crippen LogP contribution in [0.15, 0.2) is 200 Å². The van der Waals surface area contributed by atoms with Gasteiger partial charge in [-0.05, 0) is 128 Å². The topological polar surface area (TPSA) is 23.8 Å². The largest absolute Gasteiger partial charge is 0.192 e. The van der Waals surface area contributed by atoms with Gasteiger partial charge in [0.05, 0.1) is 11.6 Å². The highest BCUT2D eigenvalue weighted by Crippen LogP contribution is 2.58. The summed E-state index contributed by atoms with van der Waals surface area (Å²) < 4.78 is 0. The molecule has 0 aliphatic heterocycles. The molecule has 0 unspecified atom stereocenters. The lowest BCUT2D eigenvalue weighted by Gasteiger charge is -2.20. The van der Waals surface area contributed by atoms with Gasteiger partial charge in [0.2, 0.25) is 0 Å². The molecule has 11 rings (SSSR count). The fourth-order valence-electron chi connectivity index (χ4n) is 9.23. The van der Waals surface area contributed by atoms with Crippen molar-refractivity contribution >= 4 is 32.3 Å². The molecule has 1 aliphatic carbocycles. The molecule has 1 aliphatic rings. The van der Waals surface area contributed by atoms with Crippen LogP contribution in [0.3, 0.4) is 0 Å². The van der Waals surface area contributed by atoms with Crippen molar-refractivity contribution in [2.75, 3.05) is 0 Å². The minimum Gasteiger partial charge on any atom is -0.192 e. The van der Waals surface area contributed by atoms with Crippen LogP contribution in [0, 0.1) is 11.3 Å². The maximum atomic E-state index is 9.32. The van der Waals surface area contributed by atoms with Gasteiger partial charge in [-0.3, -0.25) is 0 Å². The van der Waals surface area contributed by atoms with Gasteiger partial charge in [-0.1, -0.05) is 182 Å². The molecule has 0 saturated carbocycles. The SMILES string of the molecule is N#Cc1ccc(-c2cccc(-c3ccc(-c4ccc5c6c(cccc46)-c4c-5c(-c5ccccc5)c5ccccc5c4-c4ccccc4)c4ccccc34)c2)cc1. The number of rotatable bonds is 5. The van der Waals surface area contributed by atoms with E-state index in [2.05, 4.69) is 182 Å². The second kappa shape index (κ2) is 12.8. The number of fused-ring (bicyclic) bond motifs is 5. The molecule has 0 aromatic heterocycles. The van der Waals surface area contributed by atoms with Crippen LogP contribution in [0.4, 0.5) is 0 Å². The Labute approximate surface area is 326 Å². The summed E-state index contributed by atoms with van der Waals surface area (Å²) in [4.78, 5) is 0. The molecule has 1 nitrogen and oxygen atoms in total. The predicted molar refractivity (Wildman–Crippen MR) is 235 cm³/mol. The van der Waals surface area contributed by atoms with Gasteiger partial charge in [0, 0.05) is 0 Å². The van der Waals surface area contributed by atoms with Crippen molar-refractivity contribution in [1.82, 2.24) is 0 Å². The zero-order valence-corrected chi connectivity index (χ0v) is 30.5. The van der Waals surface area contributed by atoms with Crippen LogP contribution in [0.25, 0.3) is 110 Å². The molecular formula is C55H33N. The van der Waals surface area contributed by atoms with E-state index in [9.17, 15) is 5.26 Å².